The normalized spacial score (nSPS) is 11.4. The van der Waals surface area contributed by atoms with E-state index >= 15 is 0 Å². The van der Waals surface area contributed by atoms with Crippen molar-refractivity contribution in [1.82, 2.24) is 15.2 Å². The lowest BCUT2D eigenvalue weighted by atomic mass is 10.1. The van der Waals surface area contributed by atoms with E-state index in [1.165, 1.54) is 4.68 Å². The van der Waals surface area contributed by atoms with Gasteiger partial charge in [0.15, 0.2) is 5.69 Å². The summed E-state index contributed by atoms with van der Waals surface area (Å²) < 4.78 is 6.59. The first-order valence-electron chi connectivity index (χ1n) is 8.54. The maximum Gasteiger partial charge on any atom is 0.292 e. The molecule has 3 rings (SSSR count). The molecule has 2 aromatic carbocycles. The summed E-state index contributed by atoms with van der Waals surface area (Å²) in [6.45, 7) is 3.94. The van der Waals surface area contributed by atoms with Gasteiger partial charge in [-0.3, -0.25) is 9.59 Å². The molecule has 1 N–H and O–H groups in total. The third-order valence-electron chi connectivity index (χ3n) is 4.20. The predicted molar refractivity (Wildman–Crippen MR) is 104 cm³/mol. The highest BCUT2D eigenvalue weighted by Crippen LogP contribution is 2.18. The van der Waals surface area contributed by atoms with Gasteiger partial charge < -0.3 is 4.74 Å². The van der Waals surface area contributed by atoms with Gasteiger partial charge in [0.25, 0.3) is 11.5 Å². The zero-order chi connectivity index (χ0) is 19.4. The van der Waals surface area contributed by atoms with E-state index in [0.717, 1.165) is 5.56 Å². The molecule has 0 saturated heterocycles. The van der Waals surface area contributed by atoms with Gasteiger partial charge in [-0.25, -0.2) is 10.1 Å². The van der Waals surface area contributed by atoms with Gasteiger partial charge in [0.1, 0.15) is 5.75 Å². The van der Waals surface area contributed by atoms with E-state index in [1.807, 2.05) is 24.3 Å². The van der Waals surface area contributed by atoms with Crippen molar-refractivity contribution in [3.05, 3.63) is 70.1 Å². The molecule has 0 spiro atoms. The average Bonchev–Trinajstić information content (AvgIpc) is 2.72. The Morgan fingerprint density at radius 2 is 1.81 bits per heavy atom. The van der Waals surface area contributed by atoms with Crippen LogP contribution < -0.4 is 15.7 Å². The molecule has 0 unspecified atom stereocenters. The summed E-state index contributed by atoms with van der Waals surface area (Å²) in [5.41, 5.74) is 3.83. The molecule has 1 aromatic heterocycles. The second kappa shape index (κ2) is 7.82. The van der Waals surface area contributed by atoms with E-state index in [9.17, 15) is 9.59 Å². The van der Waals surface area contributed by atoms with E-state index in [4.69, 9.17) is 4.74 Å². The molecule has 0 fully saturated rings. The van der Waals surface area contributed by atoms with E-state index in [1.54, 1.807) is 45.2 Å². The number of hydrazone groups is 1. The van der Waals surface area contributed by atoms with Crippen LogP contribution in [0.5, 0.6) is 5.75 Å². The number of carbonyl (C=O) groups is 1. The van der Waals surface area contributed by atoms with Crippen molar-refractivity contribution < 1.29 is 9.53 Å². The van der Waals surface area contributed by atoms with Gasteiger partial charge in [-0.05, 0) is 32.0 Å². The highest BCUT2D eigenvalue weighted by atomic mass is 16.5. The van der Waals surface area contributed by atoms with Gasteiger partial charge in [0, 0.05) is 17.5 Å². The number of carbonyl (C=O) groups excluding carboxylic acids is 1. The summed E-state index contributed by atoms with van der Waals surface area (Å²) in [5, 5.41) is 9.32. The topological polar surface area (TPSA) is 85.6 Å². The Morgan fingerprint density at radius 3 is 2.52 bits per heavy atom. The lowest BCUT2D eigenvalue weighted by Crippen LogP contribution is -2.28. The second-order valence-electron chi connectivity index (χ2n) is 5.85. The van der Waals surface area contributed by atoms with Gasteiger partial charge in [-0.1, -0.05) is 30.3 Å². The smallest absolute Gasteiger partial charge is 0.292 e. The molecule has 0 saturated carbocycles. The molecule has 0 bridgehead atoms. The fourth-order valence-corrected chi connectivity index (χ4v) is 2.81. The van der Waals surface area contributed by atoms with Crippen molar-refractivity contribution in [1.29, 1.82) is 0 Å². The van der Waals surface area contributed by atoms with Crippen LogP contribution in [0.1, 0.15) is 29.9 Å². The van der Waals surface area contributed by atoms with Crippen LogP contribution in [0.3, 0.4) is 0 Å². The molecule has 138 valence electrons. The quantitative estimate of drug-likeness (QED) is 0.557. The third kappa shape index (κ3) is 3.57. The number of rotatable bonds is 5. The lowest BCUT2D eigenvalue weighted by Gasteiger charge is -2.10. The van der Waals surface area contributed by atoms with Crippen LogP contribution in [0.2, 0.25) is 0 Å². The third-order valence-corrected chi connectivity index (χ3v) is 4.20. The van der Waals surface area contributed by atoms with Crippen LogP contribution in [0, 0.1) is 0 Å². The highest BCUT2D eigenvalue weighted by molar-refractivity contribution is 6.06. The van der Waals surface area contributed by atoms with Crippen molar-refractivity contribution >= 4 is 22.4 Å². The Labute approximate surface area is 156 Å². The maximum atomic E-state index is 12.7. The first-order valence-corrected chi connectivity index (χ1v) is 8.54. The lowest BCUT2D eigenvalue weighted by molar-refractivity contribution is 0.0949. The van der Waals surface area contributed by atoms with Crippen molar-refractivity contribution in [3.63, 3.8) is 0 Å². The van der Waals surface area contributed by atoms with Crippen molar-refractivity contribution in [2.45, 2.75) is 20.4 Å². The fourth-order valence-electron chi connectivity index (χ4n) is 2.81. The summed E-state index contributed by atoms with van der Waals surface area (Å²) in [7, 11) is 1.58. The molecular weight excluding hydrogens is 344 g/mol. The van der Waals surface area contributed by atoms with Crippen LogP contribution in [-0.4, -0.2) is 28.5 Å². The number of para-hydroxylation sites is 1. The Morgan fingerprint density at radius 1 is 1.15 bits per heavy atom. The number of benzene rings is 2. The number of aryl methyl sites for hydroxylation is 1. The molecule has 0 aliphatic heterocycles. The van der Waals surface area contributed by atoms with E-state index in [2.05, 4.69) is 15.6 Å². The minimum Gasteiger partial charge on any atom is -0.496 e. The molecule has 7 heteroatoms. The Bertz CT molecular complexity index is 1090. The number of methoxy groups -OCH3 is 1. The highest BCUT2D eigenvalue weighted by Gasteiger charge is 2.16. The zero-order valence-corrected chi connectivity index (χ0v) is 15.4. The number of amides is 1. The summed E-state index contributed by atoms with van der Waals surface area (Å²) in [5.74, 6) is 0.179. The Balaban J connectivity index is 1.97. The number of aromatic nitrogens is 2. The van der Waals surface area contributed by atoms with Crippen LogP contribution in [0.15, 0.2) is 58.4 Å². The monoisotopic (exact) mass is 364 g/mol. The number of nitrogens with one attached hydrogen (secondary N) is 1. The first kappa shape index (κ1) is 18.3. The molecule has 0 radical (unpaired) electrons. The molecule has 0 atom stereocenters. The van der Waals surface area contributed by atoms with Crippen LogP contribution >= 0.6 is 0 Å². The van der Waals surface area contributed by atoms with Crippen molar-refractivity contribution in [3.8, 4) is 5.75 Å². The van der Waals surface area contributed by atoms with Gasteiger partial charge in [0.05, 0.1) is 18.2 Å². The van der Waals surface area contributed by atoms with Gasteiger partial charge in [-0.2, -0.15) is 10.2 Å². The summed E-state index contributed by atoms with van der Waals surface area (Å²) in [4.78, 5) is 25.1. The number of ether oxygens (including phenoxy) is 1. The van der Waals surface area contributed by atoms with E-state index in [0.29, 0.717) is 28.8 Å². The van der Waals surface area contributed by atoms with Gasteiger partial charge in [0.2, 0.25) is 0 Å². The minimum atomic E-state index is -0.484. The number of hydrogen-bond acceptors (Lipinski definition) is 5. The predicted octanol–water partition coefficient (Wildman–Crippen LogP) is 2.58. The Kier molecular flexibility index (Phi) is 5.30. The first-order chi connectivity index (χ1) is 13.1. The molecule has 1 heterocycles. The summed E-state index contributed by atoms with van der Waals surface area (Å²) in [6, 6.07) is 14.3. The molecule has 27 heavy (non-hydrogen) atoms. The zero-order valence-electron chi connectivity index (χ0n) is 15.4. The summed E-state index contributed by atoms with van der Waals surface area (Å²) in [6.07, 6.45) is 0. The second-order valence-corrected chi connectivity index (χ2v) is 5.85. The molecule has 7 nitrogen and oxygen atoms in total. The maximum absolute atomic E-state index is 12.7. The fraction of sp³-hybridized carbons (Fsp3) is 0.200. The van der Waals surface area contributed by atoms with E-state index < -0.39 is 5.91 Å². The number of nitrogens with zero attached hydrogens (tertiary/aromatic N) is 3. The van der Waals surface area contributed by atoms with Crippen molar-refractivity contribution in [2.75, 3.05) is 7.11 Å². The largest absolute Gasteiger partial charge is 0.496 e. The van der Waals surface area contributed by atoms with Crippen molar-refractivity contribution in [2.24, 2.45) is 5.10 Å². The van der Waals surface area contributed by atoms with Crippen LogP contribution in [0.25, 0.3) is 10.8 Å². The minimum absolute atomic E-state index is 0.156. The van der Waals surface area contributed by atoms with Crippen LogP contribution in [-0.2, 0) is 6.54 Å². The molecule has 0 aliphatic rings. The molecular formula is C20H20N4O3. The van der Waals surface area contributed by atoms with E-state index in [-0.39, 0.29) is 11.3 Å². The van der Waals surface area contributed by atoms with Crippen LogP contribution in [0.4, 0.5) is 0 Å². The molecule has 3 aromatic rings. The standard InChI is InChI=1S/C20H20N4O3/c1-4-24-20(26)16-11-6-5-10-15(16)18(23-24)19(25)22-21-13(2)14-9-7-8-12-17(14)27-3/h5-12H,4H2,1-3H3,(H,22,25)/b21-13+. The summed E-state index contributed by atoms with van der Waals surface area (Å²) >= 11 is 0. The average molecular weight is 364 g/mol. The molecule has 1 amide bonds. The van der Waals surface area contributed by atoms with Gasteiger partial charge in [-0.15, -0.1) is 0 Å². The number of fused-ring (bicyclic) bond motifs is 1. The molecule has 0 aliphatic carbocycles. The number of hydrogen-bond donors (Lipinski definition) is 1. The Hall–Kier alpha value is -3.48. The SMILES string of the molecule is CCn1nc(C(=O)N/N=C(\C)c2ccccc2OC)c2ccccc2c1=O. The van der Waals surface area contributed by atoms with Gasteiger partial charge >= 0.3 is 0 Å².